The standard InChI is InChI=1S/C17H18FNO/c18-14-7-5-12(6-8-14)9-15(19)11-16-10-13-3-1-2-4-17(13)20-16/h1-8,15-16H,9-11,19H2. The van der Waals surface area contributed by atoms with Crippen LogP contribution in [-0.2, 0) is 12.8 Å². The number of hydrogen-bond donors (Lipinski definition) is 1. The molecule has 2 aromatic carbocycles. The molecule has 2 aromatic rings. The third-order valence-electron chi connectivity index (χ3n) is 3.69. The summed E-state index contributed by atoms with van der Waals surface area (Å²) in [5.74, 6) is 0.767. The monoisotopic (exact) mass is 271 g/mol. The molecule has 0 spiro atoms. The topological polar surface area (TPSA) is 35.2 Å². The van der Waals surface area contributed by atoms with E-state index in [0.29, 0.717) is 0 Å². The van der Waals surface area contributed by atoms with Gasteiger partial charge in [-0.05, 0) is 35.7 Å². The number of ether oxygens (including phenoxy) is 1. The summed E-state index contributed by atoms with van der Waals surface area (Å²) in [5.41, 5.74) is 8.50. The predicted octanol–water partition coefficient (Wildman–Crippen LogP) is 3.09. The van der Waals surface area contributed by atoms with Crippen LogP contribution in [0.25, 0.3) is 0 Å². The zero-order chi connectivity index (χ0) is 13.9. The van der Waals surface area contributed by atoms with Crippen molar-refractivity contribution in [3.63, 3.8) is 0 Å². The van der Waals surface area contributed by atoms with Crippen LogP contribution in [0, 0.1) is 5.82 Å². The van der Waals surface area contributed by atoms with Crippen LogP contribution in [0.4, 0.5) is 4.39 Å². The van der Waals surface area contributed by atoms with Gasteiger partial charge >= 0.3 is 0 Å². The molecule has 2 unspecified atom stereocenters. The Balaban J connectivity index is 1.55. The molecule has 104 valence electrons. The summed E-state index contributed by atoms with van der Waals surface area (Å²) in [7, 11) is 0. The normalized spacial score (nSPS) is 18.4. The van der Waals surface area contributed by atoms with Crippen molar-refractivity contribution >= 4 is 0 Å². The van der Waals surface area contributed by atoms with Gasteiger partial charge in [-0.15, -0.1) is 0 Å². The largest absolute Gasteiger partial charge is 0.490 e. The van der Waals surface area contributed by atoms with Gasteiger partial charge in [0.15, 0.2) is 0 Å². The van der Waals surface area contributed by atoms with Crippen molar-refractivity contribution in [2.45, 2.75) is 31.4 Å². The van der Waals surface area contributed by atoms with Crippen LogP contribution in [0.1, 0.15) is 17.5 Å². The quantitative estimate of drug-likeness (QED) is 0.927. The fourth-order valence-corrected chi connectivity index (χ4v) is 2.73. The number of halogens is 1. The van der Waals surface area contributed by atoms with Gasteiger partial charge in [-0.25, -0.2) is 4.39 Å². The molecule has 1 aliphatic heterocycles. The van der Waals surface area contributed by atoms with Crippen molar-refractivity contribution in [3.8, 4) is 5.75 Å². The van der Waals surface area contributed by atoms with E-state index in [2.05, 4.69) is 6.07 Å². The van der Waals surface area contributed by atoms with E-state index in [1.165, 1.54) is 17.7 Å². The maximum Gasteiger partial charge on any atom is 0.123 e. The van der Waals surface area contributed by atoms with Gasteiger partial charge in [-0.3, -0.25) is 0 Å². The number of rotatable bonds is 4. The molecule has 0 aromatic heterocycles. The van der Waals surface area contributed by atoms with Gasteiger partial charge in [0.25, 0.3) is 0 Å². The lowest BCUT2D eigenvalue weighted by Gasteiger charge is -2.16. The number of hydrogen-bond acceptors (Lipinski definition) is 2. The van der Waals surface area contributed by atoms with Gasteiger partial charge in [-0.2, -0.15) is 0 Å². The minimum absolute atomic E-state index is 0.0276. The highest BCUT2D eigenvalue weighted by Gasteiger charge is 2.24. The van der Waals surface area contributed by atoms with Crippen LogP contribution in [0.5, 0.6) is 5.75 Å². The molecule has 0 fully saturated rings. The SMILES string of the molecule is NC(Cc1ccc(F)cc1)CC1Cc2ccccc2O1. The van der Waals surface area contributed by atoms with E-state index in [9.17, 15) is 4.39 Å². The first kappa shape index (κ1) is 13.1. The van der Waals surface area contributed by atoms with Crippen LogP contribution < -0.4 is 10.5 Å². The van der Waals surface area contributed by atoms with Crippen molar-refractivity contribution in [1.29, 1.82) is 0 Å². The van der Waals surface area contributed by atoms with Crippen LogP contribution in [0.2, 0.25) is 0 Å². The first-order valence-corrected chi connectivity index (χ1v) is 6.95. The van der Waals surface area contributed by atoms with Crippen molar-refractivity contribution in [2.24, 2.45) is 5.73 Å². The third-order valence-corrected chi connectivity index (χ3v) is 3.69. The molecule has 2 atom stereocenters. The van der Waals surface area contributed by atoms with Crippen LogP contribution >= 0.6 is 0 Å². The molecule has 0 aliphatic carbocycles. The van der Waals surface area contributed by atoms with Crippen molar-refractivity contribution in [2.75, 3.05) is 0 Å². The number of benzene rings is 2. The average Bonchev–Trinajstić information content (AvgIpc) is 2.83. The van der Waals surface area contributed by atoms with E-state index < -0.39 is 0 Å². The maximum atomic E-state index is 12.9. The van der Waals surface area contributed by atoms with Gasteiger partial charge in [0, 0.05) is 18.9 Å². The van der Waals surface area contributed by atoms with E-state index >= 15 is 0 Å². The fourth-order valence-electron chi connectivity index (χ4n) is 2.73. The van der Waals surface area contributed by atoms with Crippen LogP contribution in [0.15, 0.2) is 48.5 Å². The summed E-state index contributed by atoms with van der Waals surface area (Å²) in [6.45, 7) is 0. The summed E-state index contributed by atoms with van der Waals surface area (Å²) in [6, 6.07) is 14.7. The minimum atomic E-state index is -0.211. The number of para-hydroxylation sites is 1. The Kier molecular flexibility index (Phi) is 3.70. The highest BCUT2D eigenvalue weighted by atomic mass is 19.1. The van der Waals surface area contributed by atoms with Gasteiger partial charge in [0.05, 0.1) is 0 Å². The Morgan fingerprint density at radius 2 is 1.90 bits per heavy atom. The second kappa shape index (κ2) is 5.63. The van der Waals surface area contributed by atoms with Gasteiger partial charge in [-0.1, -0.05) is 30.3 Å². The van der Waals surface area contributed by atoms with Crippen molar-refractivity contribution < 1.29 is 9.13 Å². The number of nitrogens with two attached hydrogens (primary N) is 1. The Labute approximate surface area is 118 Å². The van der Waals surface area contributed by atoms with E-state index in [1.54, 1.807) is 12.1 Å². The second-order valence-corrected chi connectivity index (χ2v) is 5.38. The first-order chi connectivity index (χ1) is 9.70. The summed E-state index contributed by atoms with van der Waals surface area (Å²) < 4.78 is 18.7. The van der Waals surface area contributed by atoms with E-state index in [0.717, 1.165) is 30.6 Å². The predicted molar refractivity (Wildman–Crippen MR) is 77.3 cm³/mol. The van der Waals surface area contributed by atoms with Crippen LogP contribution in [0.3, 0.4) is 0 Å². The molecule has 3 heteroatoms. The molecule has 3 rings (SSSR count). The molecular weight excluding hydrogens is 253 g/mol. The Bertz CT molecular complexity index is 557. The van der Waals surface area contributed by atoms with E-state index in [-0.39, 0.29) is 18.0 Å². The molecule has 2 N–H and O–H groups in total. The summed E-state index contributed by atoms with van der Waals surface area (Å²) in [6.07, 6.45) is 2.64. The summed E-state index contributed by atoms with van der Waals surface area (Å²) in [4.78, 5) is 0. The Morgan fingerprint density at radius 1 is 1.15 bits per heavy atom. The molecule has 0 bridgehead atoms. The molecule has 0 saturated heterocycles. The lowest BCUT2D eigenvalue weighted by Crippen LogP contribution is -2.30. The van der Waals surface area contributed by atoms with Gasteiger partial charge < -0.3 is 10.5 Å². The zero-order valence-electron chi connectivity index (χ0n) is 11.3. The average molecular weight is 271 g/mol. The second-order valence-electron chi connectivity index (χ2n) is 5.38. The van der Waals surface area contributed by atoms with E-state index in [1.807, 2.05) is 18.2 Å². The lowest BCUT2D eigenvalue weighted by atomic mass is 9.99. The minimum Gasteiger partial charge on any atom is -0.490 e. The first-order valence-electron chi connectivity index (χ1n) is 6.95. The molecule has 2 nitrogen and oxygen atoms in total. The molecule has 20 heavy (non-hydrogen) atoms. The Hall–Kier alpha value is -1.87. The zero-order valence-corrected chi connectivity index (χ0v) is 11.3. The Morgan fingerprint density at radius 3 is 2.65 bits per heavy atom. The molecule has 1 heterocycles. The highest BCUT2D eigenvalue weighted by Crippen LogP contribution is 2.30. The number of fused-ring (bicyclic) bond motifs is 1. The van der Waals surface area contributed by atoms with Crippen molar-refractivity contribution in [1.82, 2.24) is 0 Å². The molecular formula is C17H18FNO. The molecule has 0 saturated carbocycles. The summed E-state index contributed by atoms with van der Waals surface area (Å²) >= 11 is 0. The highest BCUT2D eigenvalue weighted by molar-refractivity contribution is 5.37. The molecule has 1 aliphatic rings. The smallest absolute Gasteiger partial charge is 0.123 e. The van der Waals surface area contributed by atoms with Crippen LogP contribution in [-0.4, -0.2) is 12.1 Å². The fraction of sp³-hybridized carbons (Fsp3) is 0.294. The maximum absolute atomic E-state index is 12.9. The lowest BCUT2D eigenvalue weighted by molar-refractivity contribution is 0.210. The third kappa shape index (κ3) is 2.99. The van der Waals surface area contributed by atoms with Gasteiger partial charge in [0.1, 0.15) is 17.7 Å². The van der Waals surface area contributed by atoms with Crippen molar-refractivity contribution in [3.05, 3.63) is 65.5 Å². The van der Waals surface area contributed by atoms with Gasteiger partial charge in [0.2, 0.25) is 0 Å². The molecule has 0 amide bonds. The molecule has 0 radical (unpaired) electrons. The van der Waals surface area contributed by atoms with E-state index in [4.69, 9.17) is 10.5 Å². The summed E-state index contributed by atoms with van der Waals surface area (Å²) in [5, 5.41) is 0.